The second kappa shape index (κ2) is 64.8. The normalized spacial score (nSPS) is 26.3. The molecule has 3 heterocycles. The summed E-state index contributed by atoms with van der Waals surface area (Å²) >= 11 is 0. The second-order valence-corrected chi connectivity index (χ2v) is 29.5. The summed E-state index contributed by atoms with van der Waals surface area (Å²) < 4.78 is 34.4. The van der Waals surface area contributed by atoms with Gasteiger partial charge in [-0.25, -0.2) is 0 Å². The molecule has 3 fully saturated rings. The van der Waals surface area contributed by atoms with Gasteiger partial charge in [-0.2, -0.15) is 0 Å². The van der Waals surface area contributed by atoms with Gasteiger partial charge in [0.1, 0.15) is 73.2 Å². The maximum absolute atomic E-state index is 13.5. The van der Waals surface area contributed by atoms with Crippen molar-refractivity contribution in [2.24, 2.45) is 0 Å². The van der Waals surface area contributed by atoms with Crippen molar-refractivity contribution >= 4 is 5.91 Å². The van der Waals surface area contributed by atoms with Crippen LogP contribution in [0.3, 0.4) is 0 Å². The summed E-state index contributed by atoms with van der Waals surface area (Å²) in [5, 5.41) is 121. The molecule has 12 N–H and O–H groups in total. The van der Waals surface area contributed by atoms with Crippen molar-refractivity contribution < 1.29 is 89.4 Å². The van der Waals surface area contributed by atoms with Crippen molar-refractivity contribution in [3.63, 3.8) is 0 Å². The quantitative estimate of drug-likeness (QED) is 0.0199. The highest BCUT2D eigenvalue weighted by Crippen LogP contribution is 2.33. The van der Waals surface area contributed by atoms with Gasteiger partial charge < -0.3 is 89.9 Å². The first-order valence-corrected chi connectivity index (χ1v) is 41.8. The first kappa shape index (κ1) is 95.2. The van der Waals surface area contributed by atoms with Gasteiger partial charge in [-0.05, 0) is 83.5 Å². The monoisotopic (exact) mass is 1470 g/mol. The fourth-order valence-corrected chi connectivity index (χ4v) is 13.7. The van der Waals surface area contributed by atoms with E-state index < -0.39 is 124 Å². The topological polar surface area (TPSA) is 307 Å². The van der Waals surface area contributed by atoms with Gasteiger partial charge in [0, 0.05) is 6.42 Å². The lowest BCUT2D eigenvalue weighted by molar-refractivity contribution is -0.379. The van der Waals surface area contributed by atoms with Crippen LogP contribution in [0.15, 0.2) is 85.1 Å². The van der Waals surface area contributed by atoms with Crippen LogP contribution in [0.4, 0.5) is 0 Å². The number of carbonyl (C=O) groups excluding carboxylic acids is 1. The molecule has 3 aliphatic heterocycles. The van der Waals surface area contributed by atoms with Crippen LogP contribution in [0.25, 0.3) is 0 Å². The van der Waals surface area contributed by atoms with Crippen LogP contribution in [-0.2, 0) is 33.2 Å². The van der Waals surface area contributed by atoms with Gasteiger partial charge in [0.15, 0.2) is 18.9 Å². The van der Waals surface area contributed by atoms with Crippen LogP contribution >= 0.6 is 0 Å². The molecule has 604 valence electrons. The third kappa shape index (κ3) is 44.0. The highest BCUT2D eigenvalue weighted by Gasteiger charge is 2.54. The molecule has 0 spiro atoms. The van der Waals surface area contributed by atoms with Gasteiger partial charge in [-0.3, -0.25) is 4.79 Å². The molecule has 1 amide bonds. The fraction of sp³-hybridized carbons (Fsp3) is 0.824. The molecule has 3 saturated heterocycles. The molecule has 0 aromatic heterocycles. The minimum atomic E-state index is -1.99. The number of amides is 1. The van der Waals surface area contributed by atoms with E-state index in [9.17, 15) is 61.0 Å². The number of nitrogens with one attached hydrogen (secondary N) is 1. The van der Waals surface area contributed by atoms with E-state index in [4.69, 9.17) is 28.4 Å². The molecular weight excluding hydrogens is 1320 g/mol. The predicted molar refractivity (Wildman–Crippen MR) is 415 cm³/mol. The molecule has 0 radical (unpaired) electrons. The van der Waals surface area contributed by atoms with Gasteiger partial charge in [-0.1, -0.05) is 311 Å². The third-order valence-corrected chi connectivity index (χ3v) is 20.4. The Morgan fingerprint density at radius 3 is 1.08 bits per heavy atom. The Labute approximate surface area is 629 Å². The number of aliphatic hydroxyl groups is 11. The van der Waals surface area contributed by atoms with Crippen molar-refractivity contribution in [3.05, 3.63) is 85.1 Å². The summed E-state index contributed by atoms with van der Waals surface area (Å²) in [4.78, 5) is 13.5. The molecule has 0 aromatic rings. The number of ether oxygens (including phenoxy) is 6. The summed E-state index contributed by atoms with van der Waals surface area (Å²) in [6.45, 7) is 1.63. The van der Waals surface area contributed by atoms with E-state index in [0.717, 1.165) is 70.6 Å². The molecule has 0 aromatic carbocycles. The summed E-state index contributed by atoms with van der Waals surface area (Å²) in [7, 11) is 0. The molecule has 0 saturated carbocycles. The number of aliphatic hydroxyl groups excluding tert-OH is 11. The number of hydrogen-bond donors (Lipinski definition) is 12. The SMILES string of the molecule is CC/C=C\C/C=C\C/C=C\C/C=C\CCCCCCCCCCCCCCCCCCCCCCCCC(=O)NC(COC1OC(CO)C(OC2OC(CO)C(OC3OC(CO)C(O)C(O)C3O)C(O)C2O)C(O)C1O)C(O)/C=C/CC/C=C/CC/C=C/CCCCCCCCCCCCCCCC. The fourth-order valence-electron chi connectivity index (χ4n) is 13.7. The highest BCUT2D eigenvalue weighted by molar-refractivity contribution is 5.76. The van der Waals surface area contributed by atoms with E-state index in [1.165, 1.54) is 212 Å². The number of carbonyl (C=O) groups is 1. The Bertz CT molecular complexity index is 2210. The maximum Gasteiger partial charge on any atom is 0.220 e. The summed E-state index contributed by atoms with van der Waals surface area (Å²) in [5.41, 5.74) is 0. The van der Waals surface area contributed by atoms with Crippen molar-refractivity contribution in [2.45, 2.75) is 420 Å². The molecule has 19 heteroatoms. The molecule has 0 aliphatic carbocycles. The minimum Gasteiger partial charge on any atom is -0.394 e. The molecule has 17 atom stereocenters. The largest absolute Gasteiger partial charge is 0.394 e. The highest BCUT2D eigenvalue weighted by atomic mass is 16.8. The van der Waals surface area contributed by atoms with Crippen molar-refractivity contribution in [3.8, 4) is 0 Å². The molecule has 104 heavy (non-hydrogen) atoms. The Hall–Kier alpha value is -3.03. The van der Waals surface area contributed by atoms with Gasteiger partial charge in [0.25, 0.3) is 0 Å². The maximum atomic E-state index is 13.5. The zero-order chi connectivity index (χ0) is 75.3. The van der Waals surface area contributed by atoms with Crippen LogP contribution in [-0.4, -0.2) is 193 Å². The predicted octanol–water partition coefficient (Wildman–Crippen LogP) is 14.6. The Morgan fingerprint density at radius 2 is 0.673 bits per heavy atom. The second-order valence-electron chi connectivity index (χ2n) is 29.5. The number of hydrogen-bond acceptors (Lipinski definition) is 18. The van der Waals surface area contributed by atoms with Crippen LogP contribution in [0.5, 0.6) is 0 Å². The van der Waals surface area contributed by atoms with Crippen molar-refractivity contribution in [2.75, 3.05) is 26.4 Å². The minimum absolute atomic E-state index is 0.232. The van der Waals surface area contributed by atoms with Crippen LogP contribution in [0, 0.1) is 0 Å². The van der Waals surface area contributed by atoms with E-state index >= 15 is 0 Å². The van der Waals surface area contributed by atoms with Crippen LogP contribution in [0.1, 0.15) is 316 Å². The lowest BCUT2D eigenvalue weighted by atomic mass is 9.96. The lowest BCUT2D eigenvalue weighted by Crippen LogP contribution is -2.66. The molecular formula is C85H151NO18. The van der Waals surface area contributed by atoms with Crippen LogP contribution < -0.4 is 5.32 Å². The number of allylic oxidation sites excluding steroid dienone is 13. The van der Waals surface area contributed by atoms with E-state index in [1.807, 2.05) is 6.08 Å². The Kier molecular flexibility index (Phi) is 59.3. The molecule has 17 unspecified atom stereocenters. The summed E-state index contributed by atoms with van der Waals surface area (Å²) in [6, 6.07) is -1.00. The summed E-state index contributed by atoms with van der Waals surface area (Å²) in [6.07, 6.45) is 60.1. The number of unbranched alkanes of at least 4 members (excludes halogenated alkanes) is 38. The van der Waals surface area contributed by atoms with Gasteiger partial charge in [0.2, 0.25) is 5.91 Å². The molecule has 3 aliphatic rings. The van der Waals surface area contributed by atoms with Crippen molar-refractivity contribution in [1.29, 1.82) is 0 Å². The molecule has 3 rings (SSSR count). The standard InChI is InChI=1S/C85H151NO18/c1-3-5-7-9-11-13-15-17-19-21-23-25-27-29-30-31-32-33-34-35-36-37-38-39-41-43-45-47-49-51-53-55-57-59-61-63-73(91)86-68(69(90)62-60-58-56-54-52-50-48-46-44-42-40-28-26-24-22-20-18-16-14-12-10-8-6-4-2)67-99-83-79(97)76(94)81(71(65-88)101-83)104-85-80(98)77(95)82(72(66-89)102-85)103-84-78(96)75(93)74(92)70(64-87)100-84/h5,7,11,13,17,19,23,25,44,46,52,54,60,62,68-72,74-85,87-90,92-98H,3-4,6,8-10,12,14-16,18,20-22,24,26-43,45,47-51,53,55-59,61,63-67H2,1-2H3,(H,86,91)/b7-5-,13-11-,19-17-,25-23-,46-44+,54-52+,62-60+. The summed E-state index contributed by atoms with van der Waals surface area (Å²) in [5.74, 6) is -0.286. The first-order valence-electron chi connectivity index (χ1n) is 41.8. The van der Waals surface area contributed by atoms with Gasteiger partial charge in [-0.15, -0.1) is 0 Å². The lowest BCUT2D eigenvalue weighted by Gasteiger charge is -2.48. The van der Waals surface area contributed by atoms with Crippen molar-refractivity contribution in [1.82, 2.24) is 5.32 Å². The number of rotatable bonds is 66. The van der Waals surface area contributed by atoms with Crippen LogP contribution in [0.2, 0.25) is 0 Å². The molecule has 19 nitrogen and oxygen atoms in total. The zero-order valence-electron chi connectivity index (χ0n) is 64.7. The van der Waals surface area contributed by atoms with Gasteiger partial charge >= 0.3 is 0 Å². The first-order chi connectivity index (χ1) is 50.8. The van der Waals surface area contributed by atoms with E-state index in [1.54, 1.807) is 6.08 Å². The third-order valence-electron chi connectivity index (χ3n) is 20.4. The smallest absolute Gasteiger partial charge is 0.220 e. The van der Waals surface area contributed by atoms with E-state index in [-0.39, 0.29) is 18.9 Å². The van der Waals surface area contributed by atoms with Gasteiger partial charge in [0.05, 0.1) is 38.6 Å². The average molecular weight is 1480 g/mol. The Morgan fingerprint density at radius 1 is 0.356 bits per heavy atom. The van der Waals surface area contributed by atoms with E-state index in [0.29, 0.717) is 12.8 Å². The molecule has 0 bridgehead atoms. The zero-order valence-corrected chi connectivity index (χ0v) is 64.7. The Balaban J connectivity index is 1.35. The van der Waals surface area contributed by atoms with E-state index in [2.05, 4.69) is 92.1 Å². The average Bonchev–Trinajstić information content (AvgIpc) is 0.783.